The summed E-state index contributed by atoms with van der Waals surface area (Å²) < 4.78 is 23.3. The van der Waals surface area contributed by atoms with E-state index in [0.717, 1.165) is 4.90 Å². The zero-order valence-electron chi connectivity index (χ0n) is 11.1. The molecule has 2 aromatic rings. The molecule has 5 nitrogen and oxygen atoms in total. The molecule has 6 heteroatoms. The molecule has 0 fully saturated rings. The van der Waals surface area contributed by atoms with Crippen LogP contribution in [0.1, 0.15) is 10.4 Å². The van der Waals surface area contributed by atoms with E-state index < -0.39 is 10.0 Å². The molecular weight excluding hydrogens is 288 g/mol. The normalized spacial score (nSPS) is 10.9. The van der Waals surface area contributed by atoms with Gasteiger partial charge in [0.2, 0.25) is 10.0 Å². The fourth-order valence-electron chi connectivity index (χ4n) is 1.91. The molecule has 0 bridgehead atoms. The highest BCUT2D eigenvalue weighted by molar-refractivity contribution is 7.89. The van der Waals surface area contributed by atoms with E-state index >= 15 is 0 Å². The maximum Gasteiger partial charge on any atom is 0.262 e. The minimum Gasteiger partial charge on any atom is -0.283 e. The van der Waals surface area contributed by atoms with Crippen molar-refractivity contribution in [1.29, 1.82) is 0 Å². The number of nitrogens with two attached hydrogens (primary N) is 1. The van der Waals surface area contributed by atoms with Gasteiger partial charge in [0.25, 0.3) is 5.91 Å². The molecule has 0 aromatic heterocycles. The Balaban J connectivity index is 2.54. The first-order valence-corrected chi connectivity index (χ1v) is 7.63. The average molecular weight is 302 g/mol. The molecule has 0 aliphatic heterocycles. The van der Waals surface area contributed by atoms with E-state index in [0.29, 0.717) is 5.56 Å². The minimum atomic E-state index is -3.95. The number of benzene rings is 2. The number of anilines is 1. The maximum atomic E-state index is 12.5. The number of carbonyl (C=O) groups excluding carboxylic acids is 1. The summed E-state index contributed by atoms with van der Waals surface area (Å²) in [6.07, 6.45) is 1.26. The Labute approximate surface area is 123 Å². The number of carbonyl (C=O) groups is 1. The molecule has 0 unspecified atom stereocenters. The number of sulfonamides is 1. The quantitative estimate of drug-likeness (QED) is 0.939. The van der Waals surface area contributed by atoms with E-state index in [4.69, 9.17) is 5.14 Å². The van der Waals surface area contributed by atoms with Gasteiger partial charge in [0, 0.05) is 11.8 Å². The Morgan fingerprint density at radius 1 is 1.05 bits per heavy atom. The van der Waals surface area contributed by atoms with E-state index in [2.05, 4.69) is 6.58 Å². The van der Waals surface area contributed by atoms with Crippen LogP contribution < -0.4 is 10.0 Å². The number of rotatable bonds is 4. The van der Waals surface area contributed by atoms with Crippen molar-refractivity contribution in [2.24, 2.45) is 5.14 Å². The predicted molar refractivity (Wildman–Crippen MR) is 81.3 cm³/mol. The number of para-hydroxylation sites is 1. The van der Waals surface area contributed by atoms with Gasteiger partial charge in [0.15, 0.2) is 0 Å². The highest BCUT2D eigenvalue weighted by Crippen LogP contribution is 2.25. The van der Waals surface area contributed by atoms with Crippen molar-refractivity contribution >= 4 is 21.6 Å². The standard InChI is InChI=1S/C15H14N2O3S/c1-2-17(15(18)12-8-4-3-5-9-12)13-10-6-7-11-14(13)21(16,19)20/h2-11H,1H2,(H2,16,19,20). The van der Waals surface area contributed by atoms with Crippen LogP contribution in [-0.4, -0.2) is 14.3 Å². The molecule has 0 aliphatic rings. The molecule has 2 aromatic carbocycles. The van der Waals surface area contributed by atoms with Crippen LogP contribution in [0.2, 0.25) is 0 Å². The summed E-state index contributed by atoms with van der Waals surface area (Å²) in [6, 6.07) is 14.5. The van der Waals surface area contributed by atoms with Gasteiger partial charge in [-0.2, -0.15) is 0 Å². The molecular formula is C15H14N2O3S. The van der Waals surface area contributed by atoms with Crippen LogP contribution in [0.5, 0.6) is 0 Å². The minimum absolute atomic E-state index is 0.130. The van der Waals surface area contributed by atoms with Crippen molar-refractivity contribution in [2.75, 3.05) is 4.90 Å². The zero-order chi connectivity index (χ0) is 15.5. The first kappa shape index (κ1) is 15.0. The van der Waals surface area contributed by atoms with E-state index in [1.807, 2.05) is 0 Å². The zero-order valence-corrected chi connectivity index (χ0v) is 12.0. The molecule has 0 saturated heterocycles. The fraction of sp³-hybridized carbons (Fsp3) is 0. The molecule has 2 N–H and O–H groups in total. The third kappa shape index (κ3) is 3.18. The summed E-state index contributed by atoms with van der Waals surface area (Å²) in [7, 11) is -3.95. The van der Waals surface area contributed by atoms with Crippen LogP contribution in [0, 0.1) is 0 Å². The van der Waals surface area contributed by atoms with Gasteiger partial charge in [0.1, 0.15) is 4.90 Å². The van der Waals surface area contributed by atoms with Gasteiger partial charge in [-0.15, -0.1) is 0 Å². The number of primary sulfonamides is 1. The lowest BCUT2D eigenvalue weighted by atomic mass is 10.2. The summed E-state index contributed by atoms with van der Waals surface area (Å²) in [5.74, 6) is -0.387. The summed E-state index contributed by atoms with van der Waals surface area (Å²) in [6.45, 7) is 3.58. The SMILES string of the molecule is C=CN(C(=O)c1ccccc1)c1ccccc1S(N)(=O)=O. The molecule has 0 spiro atoms. The van der Waals surface area contributed by atoms with Crippen LogP contribution in [-0.2, 0) is 10.0 Å². The lowest BCUT2D eigenvalue weighted by Gasteiger charge is -2.20. The van der Waals surface area contributed by atoms with Crippen molar-refractivity contribution in [1.82, 2.24) is 0 Å². The first-order chi connectivity index (χ1) is 9.95. The van der Waals surface area contributed by atoms with Gasteiger partial charge < -0.3 is 0 Å². The number of nitrogens with zero attached hydrogens (tertiary/aromatic N) is 1. The van der Waals surface area contributed by atoms with Gasteiger partial charge in [-0.25, -0.2) is 13.6 Å². The highest BCUT2D eigenvalue weighted by atomic mass is 32.2. The van der Waals surface area contributed by atoms with E-state index in [1.54, 1.807) is 36.4 Å². The third-order valence-electron chi connectivity index (χ3n) is 2.85. The van der Waals surface area contributed by atoms with E-state index in [9.17, 15) is 13.2 Å². The summed E-state index contributed by atoms with van der Waals surface area (Å²) in [5.41, 5.74) is 0.588. The van der Waals surface area contributed by atoms with Gasteiger partial charge in [-0.05, 0) is 24.3 Å². The van der Waals surface area contributed by atoms with Crippen molar-refractivity contribution in [3.05, 3.63) is 72.9 Å². The molecule has 0 radical (unpaired) electrons. The Bertz CT molecular complexity index is 771. The van der Waals surface area contributed by atoms with Crippen LogP contribution in [0.25, 0.3) is 0 Å². The summed E-state index contributed by atoms with van der Waals surface area (Å²) in [4.78, 5) is 13.5. The molecule has 0 saturated carbocycles. The van der Waals surface area contributed by atoms with Gasteiger partial charge in [-0.3, -0.25) is 9.69 Å². The van der Waals surface area contributed by atoms with Crippen LogP contribution in [0.4, 0.5) is 5.69 Å². The molecule has 0 heterocycles. The van der Waals surface area contributed by atoms with Gasteiger partial charge >= 0.3 is 0 Å². The molecule has 21 heavy (non-hydrogen) atoms. The summed E-state index contributed by atoms with van der Waals surface area (Å²) in [5, 5.41) is 5.19. The number of amides is 1. The smallest absolute Gasteiger partial charge is 0.262 e. The first-order valence-electron chi connectivity index (χ1n) is 6.08. The fourth-order valence-corrected chi connectivity index (χ4v) is 2.63. The monoisotopic (exact) mass is 302 g/mol. The van der Waals surface area contributed by atoms with Crippen LogP contribution in [0.15, 0.2) is 72.3 Å². The second-order valence-corrected chi connectivity index (χ2v) is 5.77. The number of hydrogen-bond acceptors (Lipinski definition) is 3. The predicted octanol–water partition coefficient (Wildman–Crippen LogP) is 2.12. The molecule has 0 aliphatic carbocycles. The average Bonchev–Trinajstić information content (AvgIpc) is 2.48. The maximum absolute atomic E-state index is 12.5. The van der Waals surface area contributed by atoms with E-state index in [-0.39, 0.29) is 16.5 Å². The van der Waals surface area contributed by atoms with E-state index in [1.165, 1.54) is 24.4 Å². The molecule has 108 valence electrons. The van der Waals surface area contributed by atoms with Gasteiger partial charge in [0.05, 0.1) is 5.69 Å². The Morgan fingerprint density at radius 2 is 1.62 bits per heavy atom. The second kappa shape index (κ2) is 5.90. The lowest BCUT2D eigenvalue weighted by molar-refractivity contribution is 0.0997. The van der Waals surface area contributed by atoms with Gasteiger partial charge in [-0.1, -0.05) is 36.9 Å². The largest absolute Gasteiger partial charge is 0.283 e. The lowest BCUT2D eigenvalue weighted by Crippen LogP contribution is -2.27. The molecule has 0 atom stereocenters. The topological polar surface area (TPSA) is 80.5 Å². The van der Waals surface area contributed by atoms with Crippen LogP contribution in [0.3, 0.4) is 0 Å². The number of hydrogen-bond donors (Lipinski definition) is 1. The Kier molecular flexibility index (Phi) is 4.21. The third-order valence-corrected chi connectivity index (χ3v) is 3.81. The van der Waals surface area contributed by atoms with Crippen molar-refractivity contribution in [2.45, 2.75) is 4.90 Å². The highest BCUT2D eigenvalue weighted by Gasteiger charge is 2.22. The molecule has 1 amide bonds. The van der Waals surface area contributed by atoms with Crippen LogP contribution >= 0.6 is 0 Å². The molecule has 2 rings (SSSR count). The van der Waals surface area contributed by atoms with Crippen molar-refractivity contribution in [3.63, 3.8) is 0 Å². The van der Waals surface area contributed by atoms with Crippen molar-refractivity contribution < 1.29 is 13.2 Å². The van der Waals surface area contributed by atoms with Crippen molar-refractivity contribution in [3.8, 4) is 0 Å². The summed E-state index contributed by atoms with van der Waals surface area (Å²) >= 11 is 0. The Morgan fingerprint density at radius 3 is 2.19 bits per heavy atom. The Hall–Kier alpha value is -2.44. The second-order valence-electron chi connectivity index (χ2n) is 4.24.